The Kier molecular flexibility index (Phi) is 5.59. The van der Waals surface area contributed by atoms with Gasteiger partial charge >= 0.3 is 0 Å². The second-order valence-corrected chi connectivity index (χ2v) is 5.63. The number of aryl methyl sites for hydroxylation is 1. The first-order chi connectivity index (χ1) is 9.70. The van der Waals surface area contributed by atoms with Gasteiger partial charge in [-0.25, -0.2) is 4.98 Å². The monoisotopic (exact) mass is 277 g/mol. The van der Waals surface area contributed by atoms with Gasteiger partial charge in [-0.05, 0) is 46.2 Å². The molecule has 0 aliphatic carbocycles. The molecule has 1 fully saturated rings. The lowest BCUT2D eigenvalue weighted by Gasteiger charge is -2.24. The van der Waals surface area contributed by atoms with Crippen LogP contribution in [0.15, 0.2) is 6.20 Å². The Morgan fingerprint density at radius 3 is 2.75 bits per heavy atom. The molecule has 1 aromatic rings. The van der Waals surface area contributed by atoms with E-state index in [2.05, 4.69) is 39.3 Å². The lowest BCUT2D eigenvalue weighted by molar-refractivity contribution is 0.269. The van der Waals surface area contributed by atoms with E-state index in [1.165, 1.54) is 25.9 Å². The average Bonchev–Trinajstić information content (AvgIpc) is 2.99. The predicted molar refractivity (Wildman–Crippen MR) is 84.3 cm³/mol. The fraction of sp³-hybridized carbons (Fsp3) is 0.733. The van der Waals surface area contributed by atoms with E-state index >= 15 is 0 Å². The van der Waals surface area contributed by atoms with E-state index in [9.17, 15) is 0 Å². The van der Waals surface area contributed by atoms with Crippen molar-refractivity contribution in [1.29, 1.82) is 0 Å². The highest BCUT2D eigenvalue weighted by Crippen LogP contribution is 2.15. The molecule has 1 aliphatic heterocycles. The molecule has 1 aromatic heterocycles. The van der Waals surface area contributed by atoms with Crippen molar-refractivity contribution in [1.82, 2.24) is 14.9 Å². The van der Waals surface area contributed by atoms with Crippen LogP contribution in [-0.4, -0.2) is 47.1 Å². The summed E-state index contributed by atoms with van der Waals surface area (Å²) >= 11 is 0. The minimum Gasteiger partial charge on any atom is -0.368 e. The number of nitrogens with one attached hydrogen (secondary N) is 2. The highest BCUT2D eigenvalue weighted by molar-refractivity contribution is 5.46. The summed E-state index contributed by atoms with van der Waals surface area (Å²) < 4.78 is 0. The molecular weight excluding hydrogens is 250 g/mol. The van der Waals surface area contributed by atoms with E-state index in [-0.39, 0.29) is 0 Å². The van der Waals surface area contributed by atoms with Gasteiger partial charge in [-0.15, -0.1) is 0 Å². The van der Waals surface area contributed by atoms with Crippen molar-refractivity contribution < 1.29 is 0 Å². The third kappa shape index (κ3) is 4.07. The molecular formula is C15H27N5. The SMILES string of the molecule is CCCNc1ncc(C)c(NCC(C)N2CCCC2)n1. The molecule has 2 rings (SSSR count). The summed E-state index contributed by atoms with van der Waals surface area (Å²) in [4.78, 5) is 11.4. The predicted octanol–water partition coefficient (Wildman–Crippen LogP) is 2.50. The first-order valence-electron chi connectivity index (χ1n) is 7.76. The van der Waals surface area contributed by atoms with Crippen molar-refractivity contribution in [3.8, 4) is 0 Å². The maximum atomic E-state index is 4.56. The minimum atomic E-state index is 0.555. The summed E-state index contributed by atoms with van der Waals surface area (Å²) in [6, 6.07) is 0.555. The van der Waals surface area contributed by atoms with E-state index in [0.717, 1.165) is 30.9 Å². The van der Waals surface area contributed by atoms with Crippen LogP contribution in [0.2, 0.25) is 0 Å². The number of hydrogen-bond donors (Lipinski definition) is 2. The Morgan fingerprint density at radius 1 is 1.30 bits per heavy atom. The molecule has 0 bridgehead atoms. The summed E-state index contributed by atoms with van der Waals surface area (Å²) in [5, 5.41) is 6.71. The first-order valence-corrected chi connectivity index (χ1v) is 7.76. The second-order valence-electron chi connectivity index (χ2n) is 5.63. The Balaban J connectivity index is 1.90. The van der Waals surface area contributed by atoms with E-state index in [4.69, 9.17) is 0 Å². The minimum absolute atomic E-state index is 0.555. The number of anilines is 2. The molecule has 5 heteroatoms. The quantitative estimate of drug-likeness (QED) is 0.802. The summed E-state index contributed by atoms with van der Waals surface area (Å²) in [6.07, 6.45) is 5.63. The van der Waals surface area contributed by atoms with Gasteiger partial charge in [0.15, 0.2) is 0 Å². The highest BCUT2D eigenvalue weighted by atomic mass is 15.2. The Bertz CT molecular complexity index is 415. The Morgan fingerprint density at radius 2 is 2.05 bits per heavy atom. The van der Waals surface area contributed by atoms with Gasteiger partial charge in [-0.1, -0.05) is 6.92 Å². The van der Waals surface area contributed by atoms with E-state index < -0.39 is 0 Å². The zero-order chi connectivity index (χ0) is 14.4. The van der Waals surface area contributed by atoms with Crippen molar-refractivity contribution in [2.75, 3.05) is 36.8 Å². The molecule has 0 radical (unpaired) electrons. The zero-order valence-electron chi connectivity index (χ0n) is 12.9. The number of hydrogen-bond acceptors (Lipinski definition) is 5. The summed E-state index contributed by atoms with van der Waals surface area (Å²) in [5.41, 5.74) is 1.10. The lowest BCUT2D eigenvalue weighted by Crippen LogP contribution is -2.35. The normalized spacial score (nSPS) is 17.1. The van der Waals surface area contributed by atoms with Crippen molar-refractivity contribution in [3.63, 3.8) is 0 Å². The van der Waals surface area contributed by atoms with Crippen molar-refractivity contribution in [3.05, 3.63) is 11.8 Å². The number of likely N-dealkylation sites (tertiary alicyclic amines) is 1. The molecule has 5 nitrogen and oxygen atoms in total. The summed E-state index contributed by atoms with van der Waals surface area (Å²) in [6.45, 7) is 10.8. The number of aromatic nitrogens is 2. The Hall–Kier alpha value is -1.36. The molecule has 2 heterocycles. The van der Waals surface area contributed by atoms with Gasteiger partial charge in [-0.3, -0.25) is 4.90 Å². The zero-order valence-corrected chi connectivity index (χ0v) is 12.9. The molecule has 0 amide bonds. The van der Waals surface area contributed by atoms with E-state index in [0.29, 0.717) is 12.0 Å². The third-order valence-electron chi connectivity index (χ3n) is 3.83. The van der Waals surface area contributed by atoms with Crippen LogP contribution in [0.1, 0.15) is 38.7 Å². The van der Waals surface area contributed by atoms with Crippen LogP contribution in [0.5, 0.6) is 0 Å². The lowest BCUT2D eigenvalue weighted by atomic mass is 10.3. The molecule has 1 saturated heterocycles. The van der Waals surface area contributed by atoms with Gasteiger partial charge in [0.05, 0.1) is 0 Å². The fourth-order valence-corrected chi connectivity index (χ4v) is 2.50. The topological polar surface area (TPSA) is 53.1 Å². The highest BCUT2D eigenvalue weighted by Gasteiger charge is 2.18. The van der Waals surface area contributed by atoms with Crippen LogP contribution in [0, 0.1) is 6.92 Å². The maximum Gasteiger partial charge on any atom is 0.224 e. The standard InChI is InChI=1S/C15H27N5/c1-4-7-16-15-18-10-12(2)14(19-15)17-11-13(3)20-8-5-6-9-20/h10,13H,4-9,11H2,1-3H3,(H2,16,17,18,19). The molecule has 112 valence electrons. The van der Waals surface area contributed by atoms with Crippen molar-refractivity contribution in [2.24, 2.45) is 0 Å². The molecule has 1 atom stereocenters. The van der Waals surface area contributed by atoms with Crippen LogP contribution >= 0.6 is 0 Å². The van der Waals surface area contributed by atoms with Crippen molar-refractivity contribution >= 4 is 11.8 Å². The van der Waals surface area contributed by atoms with Crippen LogP contribution in [0.25, 0.3) is 0 Å². The summed E-state index contributed by atoms with van der Waals surface area (Å²) in [5.74, 6) is 1.67. The van der Waals surface area contributed by atoms with Crippen LogP contribution < -0.4 is 10.6 Å². The van der Waals surface area contributed by atoms with Crippen LogP contribution in [-0.2, 0) is 0 Å². The van der Waals surface area contributed by atoms with Gasteiger partial charge in [0.25, 0.3) is 0 Å². The first kappa shape index (κ1) is 15.0. The van der Waals surface area contributed by atoms with Gasteiger partial charge in [0, 0.05) is 30.9 Å². The molecule has 20 heavy (non-hydrogen) atoms. The molecule has 1 aliphatic rings. The second kappa shape index (κ2) is 7.43. The smallest absolute Gasteiger partial charge is 0.224 e. The van der Waals surface area contributed by atoms with Crippen LogP contribution in [0.4, 0.5) is 11.8 Å². The van der Waals surface area contributed by atoms with Gasteiger partial charge in [0.2, 0.25) is 5.95 Å². The number of nitrogens with zero attached hydrogens (tertiary/aromatic N) is 3. The van der Waals surface area contributed by atoms with Gasteiger partial charge in [-0.2, -0.15) is 4.98 Å². The van der Waals surface area contributed by atoms with Crippen molar-refractivity contribution in [2.45, 2.75) is 46.1 Å². The van der Waals surface area contributed by atoms with E-state index in [1.807, 2.05) is 13.1 Å². The Labute approximate surface area is 122 Å². The molecule has 0 spiro atoms. The fourth-order valence-electron chi connectivity index (χ4n) is 2.50. The van der Waals surface area contributed by atoms with Crippen LogP contribution in [0.3, 0.4) is 0 Å². The third-order valence-corrected chi connectivity index (χ3v) is 3.83. The molecule has 2 N–H and O–H groups in total. The molecule has 0 aromatic carbocycles. The number of rotatable bonds is 7. The average molecular weight is 277 g/mol. The maximum absolute atomic E-state index is 4.56. The summed E-state index contributed by atoms with van der Waals surface area (Å²) in [7, 11) is 0. The van der Waals surface area contributed by atoms with Gasteiger partial charge < -0.3 is 10.6 Å². The van der Waals surface area contributed by atoms with Gasteiger partial charge in [0.1, 0.15) is 5.82 Å². The van der Waals surface area contributed by atoms with E-state index in [1.54, 1.807) is 0 Å². The molecule has 1 unspecified atom stereocenters. The largest absolute Gasteiger partial charge is 0.368 e. The molecule has 0 saturated carbocycles.